The van der Waals surface area contributed by atoms with Crippen LogP contribution in [0.1, 0.15) is 66.6 Å². The number of nitrogens with zero attached hydrogens (tertiary/aromatic N) is 2. The Bertz CT molecular complexity index is 1450. The SMILES string of the molecule is COc1ccc(CN2C(=O)c3cc4sccc4n3CC2(C(=O)NC2CCCCCCC2)c2ccccc2)cc1. The quantitative estimate of drug-likeness (QED) is 0.303. The van der Waals surface area contributed by atoms with Gasteiger partial charge in [0.2, 0.25) is 0 Å². The predicted molar refractivity (Wildman–Crippen MR) is 155 cm³/mol. The summed E-state index contributed by atoms with van der Waals surface area (Å²) in [6.07, 6.45) is 7.89. The Morgan fingerprint density at radius 1 is 1.00 bits per heavy atom. The molecule has 1 unspecified atom stereocenters. The Balaban J connectivity index is 1.48. The fourth-order valence-corrected chi connectivity index (χ4v) is 7.08. The summed E-state index contributed by atoms with van der Waals surface area (Å²) in [6, 6.07) is 21.8. The summed E-state index contributed by atoms with van der Waals surface area (Å²) in [5, 5.41) is 5.50. The highest BCUT2D eigenvalue weighted by molar-refractivity contribution is 7.17. The average Bonchev–Trinajstić information content (AvgIpc) is 3.55. The standard InChI is InChI=1S/C32H35N3O3S/c1-38-26-16-14-23(15-17-26)21-35-30(36)28-20-29-27(18-19-39-29)34(28)22-32(35,24-10-6-5-7-11-24)31(37)33-25-12-8-3-2-4-9-13-25/h5-7,10-11,14-20,25H,2-4,8-9,12-13,21-22H2,1H3,(H,33,37). The van der Waals surface area contributed by atoms with Gasteiger partial charge in [-0.3, -0.25) is 9.59 Å². The van der Waals surface area contributed by atoms with Gasteiger partial charge in [-0.1, -0.05) is 74.6 Å². The van der Waals surface area contributed by atoms with Gasteiger partial charge in [0.05, 0.1) is 23.9 Å². The molecule has 3 heterocycles. The van der Waals surface area contributed by atoms with Crippen molar-refractivity contribution in [3.8, 4) is 5.75 Å². The number of hydrogen-bond acceptors (Lipinski definition) is 4. The minimum Gasteiger partial charge on any atom is -0.497 e. The molecule has 202 valence electrons. The third-order valence-corrected chi connectivity index (χ3v) is 9.25. The molecule has 2 aromatic carbocycles. The minimum atomic E-state index is -1.19. The number of amides is 2. The third kappa shape index (κ3) is 4.73. The van der Waals surface area contributed by atoms with Gasteiger partial charge in [-0.2, -0.15) is 0 Å². The topological polar surface area (TPSA) is 63.6 Å². The smallest absolute Gasteiger partial charge is 0.272 e. The first-order valence-corrected chi connectivity index (χ1v) is 14.9. The maximum Gasteiger partial charge on any atom is 0.272 e. The Hall–Kier alpha value is -3.58. The van der Waals surface area contributed by atoms with Gasteiger partial charge < -0.3 is 19.5 Å². The van der Waals surface area contributed by atoms with Gasteiger partial charge in [0, 0.05) is 12.6 Å². The molecule has 1 atom stereocenters. The molecule has 2 aliphatic rings. The van der Waals surface area contributed by atoms with Crippen molar-refractivity contribution in [2.24, 2.45) is 0 Å². The van der Waals surface area contributed by atoms with E-state index in [1.54, 1.807) is 23.3 Å². The highest BCUT2D eigenvalue weighted by Gasteiger charge is 2.52. The summed E-state index contributed by atoms with van der Waals surface area (Å²) in [6.45, 7) is 0.682. The molecule has 2 aromatic heterocycles. The van der Waals surface area contributed by atoms with E-state index in [9.17, 15) is 9.59 Å². The Morgan fingerprint density at radius 2 is 1.72 bits per heavy atom. The first-order valence-electron chi connectivity index (χ1n) is 14.0. The lowest BCUT2D eigenvalue weighted by molar-refractivity contribution is -0.136. The molecule has 39 heavy (non-hydrogen) atoms. The summed E-state index contributed by atoms with van der Waals surface area (Å²) in [5.74, 6) is 0.537. The molecule has 4 aromatic rings. The molecule has 7 heteroatoms. The zero-order chi connectivity index (χ0) is 26.8. The van der Waals surface area contributed by atoms with Crippen LogP contribution in [0.2, 0.25) is 0 Å². The van der Waals surface area contributed by atoms with Crippen LogP contribution >= 0.6 is 11.3 Å². The first-order chi connectivity index (χ1) is 19.1. The van der Waals surface area contributed by atoms with E-state index in [1.165, 1.54) is 19.3 Å². The van der Waals surface area contributed by atoms with Crippen LogP contribution in [-0.2, 0) is 23.4 Å². The second-order valence-electron chi connectivity index (χ2n) is 10.8. The van der Waals surface area contributed by atoms with Crippen LogP contribution in [0.3, 0.4) is 0 Å². The number of benzene rings is 2. The summed E-state index contributed by atoms with van der Waals surface area (Å²) < 4.78 is 8.48. The molecule has 1 saturated carbocycles. The summed E-state index contributed by atoms with van der Waals surface area (Å²) in [4.78, 5) is 30.9. The third-order valence-electron chi connectivity index (χ3n) is 8.40. The maximum atomic E-state index is 14.7. The fourth-order valence-electron chi connectivity index (χ4n) is 6.26. The molecule has 0 radical (unpaired) electrons. The molecule has 1 aliphatic carbocycles. The monoisotopic (exact) mass is 541 g/mol. The molecule has 0 saturated heterocycles. The number of thiophene rings is 1. The minimum absolute atomic E-state index is 0.0936. The number of hydrogen-bond donors (Lipinski definition) is 1. The molecule has 0 spiro atoms. The normalized spacial score (nSPS) is 20.3. The van der Waals surface area contributed by atoms with E-state index in [-0.39, 0.29) is 17.9 Å². The zero-order valence-electron chi connectivity index (χ0n) is 22.4. The highest BCUT2D eigenvalue weighted by Crippen LogP contribution is 2.41. The average molecular weight is 542 g/mol. The number of ether oxygens (including phenoxy) is 1. The molecule has 2 amide bonds. The van der Waals surface area contributed by atoms with Gasteiger partial charge >= 0.3 is 0 Å². The number of fused-ring (bicyclic) bond motifs is 3. The molecule has 1 aliphatic heterocycles. The van der Waals surface area contributed by atoms with E-state index in [1.807, 2.05) is 66.0 Å². The van der Waals surface area contributed by atoms with Crippen molar-refractivity contribution >= 4 is 33.4 Å². The number of methoxy groups -OCH3 is 1. The molecule has 6 nitrogen and oxygen atoms in total. The number of nitrogens with one attached hydrogen (secondary N) is 1. The Labute approximate surface area is 233 Å². The van der Waals surface area contributed by atoms with Crippen LogP contribution in [0.4, 0.5) is 0 Å². The van der Waals surface area contributed by atoms with E-state index >= 15 is 0 Å². The second-order valence-corrected chi connectivity index (χ2v) is 11.7. The van der Waals surface area contributed by atoms with Gasteiger partial charge in [0.25, 0.3) is 11.8 Å². The van der Waals surface area contributed by atoms with Gasteiger partial charge in [0.15, 0.2) is 5.54 Å². The van der Waals surface area contributed by atoms with Crippen LogP contribution < -0.4 is 10.1 Å². The van der Waals surface area contributed by atoms with Crippen LogP contribution in [0.15, 0.2) is 72.1 Å². The van der Waals surface area contributed by atoms with Crippen molar-refractivity contribution in [3.63, 3.8) is 0 Å². The summed E-state index contributed by atoms with van der Waals surface area (Å²) in [7, 11) is 1.64. The molecule has 0 bridgehead atoms. The maximum absolute atomic E-state index is 14.7. The Kier molecular flexibility index (Phi) is 7.17. The van der Waals surface area contributed by atoms with Crippen molar-refractivity contribution in [1.29, 1.82) is 0 Å². The second kappa shape index (κ2) is 10.9. The van der Waals surface area contributed by atoms with Gasteiger partial charge in [-0.25, -0.2) is 0 Å². The number of carbonyl (C=O) groups excluding carboxylic acids is 2. The molecular weight excluding hydrogens is 506 g/mol. The van der Waals surface area contributed by atoms with E-state index < -0.39 is 5.54 Å². The predicted octanol–water partition coefficient (Wildman–Crippen LogP) is 6.49. The summed E-state index contributed by atoms with van der Waals surface area (Å²) in [5.41, 5.74) is 2.23. The highest BCUT2D eigenvalue weighted by atomic mass is 32.1. The van der Waals surface area contributed by atoms with Gasteiger partial charge in [-0.05, 0) is 53.6 Å². The van der Waals surface area contributed by atoms with Crippen molar-refractivity contribution in [1.82, 2.24) is 14.8 Å². The largest absolute Gasteiger partial charge is 0.497 e. The van der Waals surface area contributed by atoms with Crippen molar-refractivity contribution in [2.45, 2.75) is 69.6 Å². The van der Waals surface area contributed by atoms with Gasteiger partial charge in [-0.15, -0.1) is 11.3 Å². The van der Waals surface area contributed by atoms with E-state index in [0.717, 1.165) is 52.8 Å². The van der Waals surface area contributed by atoms with E-state index in [2.05, 4.69) is 16.0 Å². The zero-order valence-corrected chi connectivity index (χ0v) is 23.2. The van der Waals surface area contributed by atoms with E-state index in [4.69, 9.17) is 4.74 Å². The molecule has 1 fully saturated rings. The lowest BCUT2D eigenvalue weighted by atomic mass is 9.83. The molecule has 6 rings (SSSR count). The van der Waals surface area contributed by atoms with Crippen LogP contribution in [0.25, 0.3) is 10.2 Å². The lowest BCUT2D eigenvalue weighted by Gasteiger charge is -2.47. The van der Waals surface area contributed by atoms with Crippen molar-refractivity contribution in [2.75, 3.05) is 7.11 Å². The first kappa shape index (κ1) is 25.7. The van der Waals surface area contributed by atoms with Crippen molar-refractivity contribution < 1.29 is 14.3 Å². The van der Waals surface area contributed by atoms with Crippen LogP contribution in [0.5, 0.6) is 5.75 Å². The van der Waals surface area contributed by atoms with Crippen LogP contribution in [-0.4, -0.2) is 34.4 Å². The molecular formula is C32H35N3O3S. The lowest BCUT2D eigenvalue weighted by Crippen LogP contribution is -2.64. The van der Waals surface area contributed by atoms with E-state index in [0.29, 0.717) is 18.8 Å². The number of rotatable bonds is 6. The summed E-state index contributed by atoms with van der Waals surface area (Å²) >= 11 is 1.62. The number of aromatic nitrogens is 1. The molecule has 1 N–H and O–H groups in total. The van der Waals surface area contributed by atoms with Crippen molar-refractivity contribution in [3.05, 3.63) is 88.9 Å². The fraction of sp³-hybridized carbons (Fsp3) is 0.375. The van der Waals surface area contributed by atoms with Gasteiger partial charge in [0.1, 0.15) is 11.4 Å². The van der Waals surface area contributed by atoms with Crippen LogP contribution in [0, 0.1) is 0 Å². The number of carbonyl (C=O) groups is 2. The Morgan fingerprint density at radius 3 is 2.44 bits per heavy atom.